The Morgan fingerprint density at radius 2 is 1.95 bits per heavy atom. The van der Waals surface area contributed by atoms with E-state index in [2.05, 4.69) is 10.6 Å². The molecule has 5 heteroatoms. The second-order valence-electron chi connectivity index (χ2n) is 5.23. The lowest BCUT2D eigenvalue weighted by Gasteiger charge is -2.25. The minimum Gasteiger partial charge on any atom is -0.480 e. The van der Waals surface area contributed by atoms with E-state index in [0.29, 0.717) is 12.5 Å². The summed E-state index contributed by atoms with van der Waals surface area (Å²) in [6.07, 6.45) is 3.80. The van der Waals surface area contributed by atoms with Crippen molar-refractivity contribution in [2.75, 3.05) is 6.54 Å². The van der Waals surface area contributed by atoms with Gasteiger partial charge in [0.1, 0.15) is 6.04 Å². The van der Waals surface area contributed by atoms with Gasteiger partial charge in [-0.05, 0) is 24.3 Å². The average molecular weight is 276 g/mol. The minimum atomic E-state index is -1.02. The first-order chi connectivity index (χ1) is 9.65. The van der Waals surface area contributed by atoms with Gasteiger partial charge in [-0.2, -0.15) is 0 Å². The molecule has 2 rings (SSSR count). The second-order valence-corrected chi connectivity index (χ2v) is 5.23. The van der Waals surface area contributed by atoms with E-state index >= 15 is 0 Å². The van der Waals surface area contributed by atoms with Crippen molar-refractivity contribution in [3.63, 3.8) is 0 Å². The molecule has 0 heterocycles. The van der Waals surface area contributed by atoms with Crippen LogP contribution in [-0.2, 0) is 11.2 Å². The number of rotatable bonds is 6. The molecule has 3 N–H and O–H groups in total. The highest BCUT2D eigenvalue weighted by atomic mass is 16.4. The average Bonchev–Trinajstić information content (AvgIpc) is 2.37. The Kier molecular flexibility index (Phi) is 4.98. The summed E-state index contributed by atoms with van der Waals surface area (Å²) < 4.78 is 0. The van der Waals surface area contributed by atoms with Crippen LogP contribution in [0.1, 0.15) is 24.8 Å². The Balaban J connectivity index is 1.81. The Morgan fingerprint density at radius 3 is 2.50 bits per heavy atom. The van der Waals surface area contributed by atoms with Gasteiger partial charge >= 0.3 is 12.0 Å². The number of hydrogen-bond acceptors (Lipinski definition) is 2. The summed E-state index contributed by atoms with van der Waals surface area (Å²) in [4.78, 5) is 22.9. The van der Waals surface area contributed by atoms with Gasteiger partial charge in [0.05, 0.1) is 0 Å². The minimum absolute atomic E-state index is 0.285. The molecule has 1 atom stereocenters. The molecule has 0 radical (unpaired) electrons. The first-order valence-corrected chi connectivity index (χ1v) is 6.96. The van der Waals surface area contributed by atoms with Crippen LogP contribution < -0.4 is 10.6 Å². The quantitative estimate of drug-likeness (QED) is 0.741. The van der Waals surface area contributed by atoms with E-state index in [1.54, 1.807) is 0 Å². The van der Waals surface area contributed by atoms with Gasteiger partial charge in [0, 0.05) is 13.0 Å². The number of carbonyl (C=O) groups is 2. The Labute approximate surface area is 118 Å². The van der Waals surface area contributed by atoms with Gasteiger partial charge < -0.3 is 15.7 Å². The molecule has 1 fully saturated rings. The number of amides is 2. The Hall–Kier alpha value is -2.04. The number of carbonyl (C=O) groups excluding carboxylic acids is 1. The van der Waals surface area contributed by atoms with Crippen molar-refractivity contribution in [1.29, 1.82) is 0 Å². The normalized spacial score (nSPS) is 16.0. The number of hydrogen-bond donors (Lipinski definition) is 3. The number of urea groups is 1. The highest BCUT2D eigenvalue weighted by Gasteiger charge is 2.22. The molecule has 0 bridgehead atoms. The van der Waals surface area contributed by atoms with Crippen molar-refractivity contribution in [3.05, 3.63) is 35.9 Å². The topological polar surface area (TPSA) is 78.4 Å². The standard InChI is InChI=1S/C15H20N2O3/c18-14(19)13(9-11-5-2-1-3-6-11)17-15(20)16-10-12-7-4-8-12/h1-3,5-6,12-13H,4,7-10H2,(H,18,19)(H2,16,17,20). The fourth-order valence-electron chi connectivity index (χ4n) is 2.19. The molecule has 0 saturated heterocycles. The van der Waals surface area contributed by atoms with Crippen molar-refractivity contribution in [2.24, 2.45) is 5.92 Å². The number of nitrogens with one attached hydrogen (secondary N) is 2. The maximum Gasteiger partial charge on any atom is 0.326 e. The van der Waals surface area contributed by atoms with Crippen LogP contribution in [0.4, 0.5) is 4.79 Å². The summed E-state index contributed by atoms with van der Waals surface area (Å²) in [6.45, 7) is 0.628. The smallest absolute Gasteiger partial charge is 0.326 e. The monoisotopic (exact) mass is 276 g/mol. The van der Waals surface area contributed by atoms with Crippen LogP contribution in [-0.4, -0.2) is 29.7 Å². The summed E-state index contributed by atoms with van der Waals surface area (Å²) >= 11 is 0. The maximum absolute atomic E-state index is 11.7. The van der Waals surface area contributed by atoms with E-state index in [4.69, 9.17) is 0 Å². The number of carboxylic acids is 1. The third-order valence-electron chi connectivity index (χ3n) is 3.66. The summed E-state index contributed by atoms with van der Waals surface area (Å²) in [5.41, 5.74) is 0.888. The molecular formula is C15H20N2O3. The molecule has 1 aliphatic rings. The van der Waals surface area contributed by atoms with E-state index in [-0.39, 0.29) is 6.42 Å². The lowest BCUT2D eigenvalue weighted by Crippen LogP contribution is -2.48. The maximum atomic E-state index is 11.7. The molecule has 1 aliphatic carbocycles. The molecule has 2 amide bonds. The number of aliphatic carboxylic acids is 1. The van der Waals surface area contributed by atoms with Crippen LogP contribution in [0, 0.1) is 5.92 Å². The SMILES string of the molecule is O=C(NCC1CCC1)NC(Cc1ccccc1)C(=O)O. The number of benzene rings is 1. The van der Waals surface area contributed by atoms with Gasteiger partial charge in [0.25, 0.3) is 0 Å². The van der Waals surface area contributed by atoms with Crippen molar-refractivity contribution in [2.45, 2.75) is 31.7 Å². The Bertz CT molecular complexity index is 457. The van der Waals surface area contributed by atoms with Crippen LogP contribution in [0.2, 0.25) is 0 Å². The predicted octanol–water partition coefficient (Wildman–Crippen LogP) is 1.78. The second kappa shape index (κ2) is 6.93. The van der Waals surface area contributed by atoms with Crippen LogP contribution in [0.5, 0.6) is 0 Å². The van der Waals surface area contributed by atoms with Gasteiger partial charge in [-0.3, -0.25) is 0 Å². The van der Waals surface area contributed by atoms with E-state index in [9.17, 15) is 14.7 Å². The zero-order valence-electron chi connectivity index (χ0n) is 11.3. The first kappa shape index (κ1) is 14.4. The zero-order valence-corrected chi connectivity index (χ0v) is 11.3. The first-order valence-electron chi connectivity index (χ1n) is 6.96. The van der Waals surface area contributed by atoms with Crippen LogP contribution in [0.25, 0.3) is 0 Å². The van der Waals surface area contributed by atoms with E-state index in [1.165, 1.54) is 6.42 Å². The molecule has 1 aromatic rings. The summed E-state index contributed by atoms with van der Waals surface area (Å²) in [6, 6.07) is 7.97. The van der Waals surface area contributed by atoms with E-state index in [0.717, 1.165) is 18.4 Å². The van der Waals surface area contributed by atoms with Crippen LogP contribution in [0.3, 0.4) is 0 Å². The van der Waals surface area contributed by atoms with Crippen molar-refractivity contribution in [1.82, 2.24) is 10.6 Å². The van der Waals surface area contributed by atoms with Crippen LogP contribution >= 0.6 is 0 Å². The molecule has 0 aromatic heterocycles. The van der Waals surface area contributed by atoms with Gasteiger partial charge in [-0.25, -0.2) is 9.59 Å². The van der Waals surface area contributed by atoms with Crippen molar-refractivity contribution < 1.29 is 14.7 Å². The third-order valence-corrected chi connectivity index (χ3v) is 3.66. The number of carboxylic acid groups (broad SMARTS) is 1. The highest BCUT2D eigenvalue weighted by molar-refractivity contribution is 5.82. The molecule has 5 nitrogen and oxygen atoms in total. The lowest BCUT2D eigenvalue weighted by atomic mass is 9.85. The van der Waals surface area contributed by atoms with Crippen molar-refractivity contribution >= 4 is 12.0 Å². The van der Waals surface area contributed by atoms with E-state index in [1.807, 2.05) is 30.3 Å². The predicted molar refractivity (Wildman–Crippen MR) is 75.4 cm³/mol. The zero-order chi connectivity index (χ0) is 14.4. The molecule has 0 spiro atoms. The van der Waals surface area contributed by atoms with Crippen LogP contribution in [0.15, 0.2) is 30.3 Å². The fourth-order valence-corrected chi connectivity index (χ4v) is 2.19. The highest BCUT2D eigenvalue weighted by Crippen LogP contribution is 2.24. The summed E-state index contributed by atoms with van der Waals surface area (Å²) in [7, 11) is 0. The summed E-state index contributed by atoms with van der Waals surface area (Å²) in [5, 5.41) is 14.4. The third kappa shape index (κ3) is 4.26. The van der Waals surface area contributed by atoms with Gasteiger partial charge in [0.15, 0.2) is 0 Å². The van der Waals surface area contributed by atoms with Gasteiger partial charge in [-0.1, -0.05) is 36.8 Å². The largest absolute Gasteiger partial charge is 0.480 e. The fraction of sp³-hybridized carbons (Fsp3) is 0.467. The van der Waals surface area contributed by atoms with E-state index < -0.39 is 18.0 Å². The molecular weight excluding hydrogens is 256 g/mol. The summed E-state index contributed by atoms with van der Waals surface area (Å²) in [5.74, 6) is -0.467. The molecule has 108 valence electrons. The molecule has 1 unspecified atom stereocenters. The van der Waals surface area contributed by atoms with Gasteiger partial charge in [-0.15, -0.1) is 0 Å². The molecule has 0 aliphatic heterocycles. The van der Waals surface area contributed by atoms with Crippen molar-refractivity contribution in [3.8, 4) is 0 Å². The molecule has 1 aromatic carbocycles. The van der Waals surface area contributed by atoms with Gasteiger partial charge in [0.2, 0.25) is 0 Å². The Morgan fingerprint density at radius 1 is 1.25 bits per heavy atom. The molecule has 1 saturated carbocycles. The lowest BCUT2D eigenvalue weighted by molar-refractivity contribution is -0.139. The molecule has 20 heavy (non-hydrogen) atoms.